The second-order valence-electron chi connectivity index (χ2n) is 6.91. The molecule has 0 aliphatic carbocycles. The summed E-state index contributed by atoms with van der Waals surface area (Å²) < 4.78 is 38.3. The van der Waals surface area contributed by atoms with Crippen LogP contribution in [0.1, 0.15) is 20.3 Å². The minimum absolute atomic E-state index is 0.0683. The van der Waals surface area contributed by atoms with E-state index in [0.717, 1.165) is 0 Å². The molecule has 1 aliphatic rings. The van der Waals surface area contributed by atoms with Gasteiger partial charge >= 0.3 is 5.76 Å². The lowest BCUT2D eigenvalue weighted by atomic mass is 10.0. The lowest BCUT2D eigenvalue weighted by molar-refractivity contribution is -0.137. The smallest absolute Gasteiger partial charge is 0.408 e. The summed E-state index contributed by atoms with van der Waals surface area (Å²) in [5.74, 6) is -0.801. The summed E-state index contributed by atoms with van der Waals surface area (Å²) in [5, 5.41) is 0. The number of rotatable bonds is 6. The van der Waals surface area contributed by atoms with Gasteiger partial charge in [0.25, 0.3) is 0 Å². The number of ether oxygens (including phenoxy) is 1. The molecular weight excluding hydrogens is 374 g/mol. The molecule has 2 heterocycles. The maximum Gasteiger partial charge on any atom is 0.417 e. The fraction of sp³-hybridized carbons (Fsp3) is 0.529. The van der Waals surface area contributed by atoms with Gasteiger partial charge < -0.3 is 14.1 Å². The van der Waals surface area contributed by atoms with Crippen LogP contribution in [0.3, 0.4) is 0 Å². The van der Waals surface area contributed by atoms with Gasteiger partial charge in [-0.2, -0.15) is 4.72 Å². The number of aromatic amines is 1. The molecule has 1 atom stereocenters. The van der Waals surface area contributed by atoms with Crippen molar-refractivity contribution in [3.8, 4) is 0 Å². The average molecular weight is 397 g/mol. The Morgan fingerprint density at radius 1 is 1.30 bits per heavy atom. The fourth-order valence-electron chi connectivity index (χ4n) is 3.02. The Balaban J connectivity index is 1.85. The maximum absolute atomic E-state index is 12.8. The van der Waals surface area contributed by atoms with E-state index in [4.69, 9.17) is 9.15 Å². The molecule has 1 fully saturated rings. The molecule has 1 aliphatic heterocycles. The molecule has 1 amide bonds. The summed E-state index contributed by atoms with van der Waals surface area (Å²) in [6.07, 6.45) is 0.372. The average Bonchev–Trinajstić information content (AvgIpc) is 3.00. The van der Waals surface area contributed by atoms with Crippen molar-refractivity contribution in [2.24, 2.45) is 5.92 Å². The standard InChI is InChI=1S/C17H23N3O6S/c1-11(2)9-14(16(21)20-5-7-25-8-6-20)19-27(23,24)12-3-4-13-15(10-12)26-17(22)18-13/h3-4,10-11,14,19H,5-9H2,1-2H3,(H,18,22)/t14-/m0/s1. The number of fused-ring (bicyclic) bond motifs is 1. The summed E-state index contributed by atoms with van der Waals surface area (Å²) in [7, 11) is -3.98. The Morgan fingerprint density at radius 3 is 2.67 bits per heavy atom. The number of carbonyl (C=O) groups excluding carboxylic acids is 1. The zero-order valence-electron chi connectivity index (χ0n) is 15.2. The highest BCUT2D eigenvalue weighted by Gasteiger charge is 2.31. The second-order valence-corrected chi connectivity index (χ2v) is 8.63. The molecule has 10 heteroatoms. The third-order valence-corrected chi connectivity index (χ3v) is 5.80. The van der Waals surface area contributed by atoms with Gasteiger partial charge in [0, 0.05) is 19.2 Å². The van der Waals surface area contributed by atoms with Crippen LogP contribution in [0.2, 0.25) is 0 Å². The van der Waals surface area contributed by atoms with Crippen LogP contribution in [-0.4, -0.2) is 56.6 Å². The fourth-order valence-corrected chi connectivity index (χ4v) is 4.24. The van der Waals surface area contributed by atoms with E-state index in [1.807, 2.05) is 13.8 Å². The molecule has 0 radical (unpaired) electrons. The SMILES string of the molecule is CC(C)C[C@H](NS(=O)(=O)c1ccc2[nH]c(=O)oc2c1)C(=O)N1CCOCC1. The van der Waals surface area contributed by atoms with E-state index >= 15 is 0 Å². The monoisotopic (exact) mass is 397 g/mol. The minimum Gasteiger partial charge on any atom is -0.408 e. The predicted molar refractivity (Wildman–Crippen MR) is 97.8 cm³/mol. The summed E-state index contributed by atoms with van der Waals surface area (Å²) in [4.78, 5) is 28.1. The number of benzene rings is 1. The zero-order chi connectivity index (χ0) is 19.6. The molecule has 9 nitrogen and oxygen atoms in total. The normalized spacial score (nSPS) is 16.8. The number of carbonyl (C=O) groups is 1. The van der Waals surface area contributed by atoms with Gasteiger partial charge in [-0.1, -0.05) is 13.8 Å². The number of aromatic nitrogens is 1. The first-order chi connectivity index (χ1) is 12.8. The van der Waals surface area contributed by atoms with Crippen molar-refractivity contribution >= 4 is 27.0 Å². The van der Waals surface area contributed by atoms with E-state index in [0.29, 0.717) is 38.2 Å². The number of nitrogens with one attached hydrogen (secondary N) is 2. The molecule has 27 heavy (non-hydrogen) atoms. The molecule has 0 spiro atoms. The van der Waals surface area contributed by atoms with Crippen molar-refractivity contribution in [2.45, 2.75) is 31.2 Å². The first-order valence-corrected chi connectivity index (χ1v) is 10.3. The molecule has 1 aromatic carbocycles. The van der Waals surface area contributed by atoms with Gasteiger partial charge in [-0.3, -0.25) is 9.78 Å². The van der Waals surface area contributed by atoms with Crippen LogP contribution in [0.4, 0.5) is 0 Å². The Bertz CT molecular complexity index is 972. The first kappa shape index (κ1) is 19.6. The van der Waals surface area contributed by atoms with Crippen LogP contribution in [0.15, 0.2) is 32.3 Å². The molecular formula is C17H23N3O6S. The third kappa shape index (κ3) is 4.57. The Kier molecular flexibility index (Phi) is 5.68. The zero-order valence-corrected chi connectivity index (χ0v) is 16.0. The number of oxazole rings is 1. The number of morpholine rings is 1. The van der Waals surface area contributed by atoms with E-state index in [1.165, 1.54) is 18.2 Å². The molecule has 2 aromatic rings. The van der Waals surface area contributed by atoms with Crippen LogP contribution in [0.5, 0.6) is 0 Å². The predicted octanol–water partition coefficient (Wildman–Crippen LogP) is 0.673. The van der Waals surface area contributed by atoms with E-state index < -0.39 is 21.8 Å². The number of nitrogens with zero attached hydrogens (tertiary/aromatic N) is 1. The molecule has 0 unspecified atom stereocenters. The Hall–Kier alpha value is -2.17. The van der Waals surface area contributed by atoms with E-state index in [9.17, 15) is 18.0 Å². The van der Waals surface area contributed by atoms with E-state index in [-0.39, 0.29) is 22.3 Å². The van der Waals surface area contributed by atoms with Gasteiger partial charge in [-0.05, 0) is 24.5 Å². The van der Waals surface area contributed by atoms with Crippen molar-refractivity contribution < 1.29 is 22.4 Å². The minimum atomic E-state index is -3.98. The number of amides is 1. The largest absolute Gasteiger partial charge is 0.417 e. The number of hydrogen-bond donors (Lipinski definition) is 2. The number of sulfonamides is 1. The highest BCUT2D eigenvalue weighted by atomic mass is 32.2. The first-order valence-electron chi connectivity index (χ1n) is 8.78. The molecule has 3 rings (SSSR count). The van der Waals surface area contributed by atoms with Crippen LogP contribution >= 0.6 is 0 Å². The molecule has 0 bridgehead atoms. The van der Waals surface area contributed by atoms with Gasteiger partial charge in [0.15, 0.2) is 5.58 Å². The lowest BCUT2D eigenvalue weighted by Crippen LogP contribution is -2.52. The molecule has 1 aromatic heterocycles. The highest BCUT2D eigenvalue weighted by Crippen LogP contribution is 2.18. The second kappa shape index (κ2) is 7.83. The van der Waals surface area contributed by atoms with Crippen molar-refractivity contribution in [2.75, 3.05) is 26.3 Å². The van der Waals surface area contributed by atoms with Crippen LogP contribution in [-0.2, 0) is 19.6 Å². The maximum atomic E-state index is 12.8. The molecule has 1 saturated heterocycles. The quantitative estimate of drug-likeness (QED) is 0.739. The van der Waals surface area contributed by atoms with Gasteiger partial charge in [0.2, 0.25) is 15.9 Å². The molecule has 0 saturated carbocycles. The van der Waals surface area contributed by atoms with Crippen molar-refractivity contribution in [3.63, 3.8) is 0 Å². The highest BCUT2D eigenvalue weighted by molar-refractivity contribution is 7.89. The topological polar surface area (TPSA) is 122 Å². The molecule has 148 valence electrons. The van der Waals surface area contributed by atoms with E-state index in [2.05, 4.69) is 9.71 Å². The van der Waals surface area contributed by atoms with E-state index in [1.54, 1.807) is 4.90 Å². The Morgan fingerprint density at radius 2 is 2.00 bits per heavy atom. The van der Waals surface area contributed by atoms with Gasteiger partial charge in [0.1, 0.15) is 6.04 Å². The summed E-state index contributed by atoms with van der Waals surface area (Å²) in [6.45, 7) is 5.61. The summed E-state index contributed by atoms with van der Waals surface area (Å²) in [6, 6.07) is 3.21. The van der Waals surface area contributed by atoms with Gasteiger partial charge in [-0.25, -0.2) is 13.2 Å². The van der Waals surface area contributed by atoms with Crippen molar-refractivity contribution in [1.29, 1.82) is 0 Å². The van der Waals surface area contributed by atoms with Gasteiger partial charge in [-0.15, -0.1) is 0 Å². The lowest BCUT2D eigenvalue weighted by Gasteiger charge is -2.31. The summed E-state index contributed by atoms with van der Waals surface area (Å²) >= 11 is 0. The number of hydrogen-bond acceptors (Lipinski definition) is 6. The van der Waals surface area contributed by atoms with Gasteiger partial charge in [0.05, 0.1) is 23.6 Å². The Labute approximate surface area is 156 Å². The molecule has 2 N–H and O–H groups in total. The number of H-pyrrole nitrogens is 1. The van der Waals surface area contributed by atoms with Crippen LogP contribution in [0.25, 0.3) is 11.1 Å². The van der Waals surface area contributed by atoms with Crippen LogP contribution in [0, 0.1) is 5.92 Å². The van der Waals surface area contributed by atoms with Crippen molar-refractivity contribution in [3.05, 3.63) is 28.7 Å². The third-order valence-electron chi connectivity index (χ3n) is 4.33. The van der Waals surface area contributed by atoms with Crippen molar-refractivity contribution in [1.82, 2.24) is 14.6 Å². The van der Waals surface area contributed by atoms with Crippen LogP contribution < -0.4 is 10.5 Å². The summed E-state index contributed by atoms with van der Waals surface area (Å²) in [5.41, 5.74) is 0.546.